The van der Waals surface area contributed by atoms with Gasteiger partial charge in [0.1, 0.15) is 4.90 Å². The molecule has 0 aliphatic carbocycles. The van der Waals surface area contributed by atoms with E-state index in [0.29, 0.717) is 39.6 Å². The maximum atomic E-state index is 12.8. The summed E-state index contributed by atoms with van der Waals surface area (Å²) in [6, 6.07) is 27.3. The molecule has 0 spiro atoms. The lowest BCUT2D eigenvalue weighted by atomic mass is 10.1. The Balaban J connectivity index is 1.29. The van der Waals surface area contributed by atoms with Gasteiger partial charge in [-0.25, -0.2) is 5.26 Å². The molecule has 0 amide bonds. The van der Waals surface area contributed by atoms with E-state index in [0.717, 1.165) is 0 Å². The van der Waals surface area contributed by atoms with Gasteiger partial charge in [0.05, 0.1) is 38.5 Å². The van der Waals surface area contributed by atoms with Crippen LogP contribution in [0.2, 0.25) is 0 Å². The lowest BCUT2D eigenvalue weighted by molar-refractivity contribution is -0.432. The van der Waals surface area contributed by atoms with Gasteiger partial charge in [-0.1, -0.05) is 65.7 Å². The molecule has 22 nitrogen and oxygen atoms in total. The zero-order valence-electron chi connectivity index (χ0n) is 33.8. The van der Waals surface area contributed by atoms with Gasteiger partial charge in [0.15, 0.2) is 0 Å². The highest BCUT2D eigenvalue weighted by Crippen LogP contribution is 2.32. The van der Waals surface area contributed by atoms with Gasteiger partial charge in [0.2, 0.25) is 35.7 Å². The summed E-state index contributed by atoms with van der Waals surface area (Å²) in [5.74, 6) is 0.660. The lowest BCUT2D eigenvalue weighted by Gasteiger charge is -2.21. The first-order valence-corrected chi connectivity index (χ1v) is 21.5. The smallest absolute Gasteiger partial charge is 0.295 e. The van der Waals surface area contributed by atoms with Crippen molar-refractivity contribution >= 4 is 92.8 Å². The molecule has 4 aromatic carbocycles. The first-order chi connectivity index (χ1) is 31.1. The van der Waals surface area contributed by atoms with Gasteiger partial charge >= 0.3 is 0 Å². The number of benzene rings is 4. The van der Waals surface area contributed by atoms with E-state index < -0.39 is 15.0 Å². The zero-order valence-corrected chi connectivity index (χ0v) is 35.4. The second-order valence-corrected chi connectivity index (χ2v) is 15.3. The minimum absolute atomic E-state index is 0.0138. The Hall–Kier alpha value is -6.58. The standard InChI is InChI=1S/C40H44N12O10S2/c53-21-17-51(18-22-54)39-47-35(41-29-7-3-1-4-8-29)45-37(49-39)43-31-15-13-27(33(25-31)63-62-61-57)11-12-28-14-16-32(26-34(28)64(58,59)60)44-38-46-36(42-30-9-5-2-6-10-30)48-40(50-38)52(19-23-55)20-24-56/h1-16,25-26,53-57H,17-24H2,(H,58,59,60)(H2,41,43,45,47,49)(H2,42,44,46,48,50)/b12-11+. The van der Waals surface area contributed by atoms with Crippen LogP contribution in [0.25, 0.3) is 12.2 Å². The molecule has 2 aromatic heterocycles. The largest absolute Gasteiger partial charge is 0.395 e. The molecule has 2 heterocycles. The molecule has 0 unspecified atom stereocenters. The second-order valence-electron chi connectivity index (χ2n) is 13.2. The van der Waals surface area contributed by atoms with Gasteiger partial charge < -0.3 is 51.5 Å². The van der Waals surface area contributed by atoms with Crippen molar-refractivity contribution in [3.05, 3.63) is 108 Å². The number of anilines is 10. The average molecular weight is 917 g/mol. The van der Waals surface area contributed by atoms with E-state index in [2.05, 4.69) is 56.2 Å². The van der Waals surface area contributed by atoms with Crippen LogP contribution in [-0.4, -0.2) is 121 Å². The van der Waals surface area contributed by atoms with Crippen LogP contribution in [0, 0.1) is 0 Å². The lowest BCUT2D eigenvalue weighted by Crippen LogP contribution is -2.31. The van der Waals surface area contributed by atoms with Crippen molar-refractivity contribution in [2.24, 2.45) is 0 Å². The molecule has 336 valence electrons. The summed E-state index contributed by atoms with van der Waals surface area (Å²) in [7, 11) is -4.81. The topological polar surface area (TPSA) is 306 Å². The van der Waals surface area contributed by atoms with E-state index in [4.69, 9.17) is 9.59 Å². The molecule has 0 atom stereocenters. The zero-order chi connectivity index (χ0) is 45.3. The van der Waals surface area contributed by atoms with Crippen LogP contribution in [0.15, 0.2) is 107 Å². The van der Waals surface area contributed by atoms with E-state index in [1.54, 1.807) is 52.3 Å². The van der Waals surface area contributed by atoms with Crippen LogP contribution in [0.4, 0.5) is 58.4 Å². The molecule has 0 aliphatic heterocycles. The van der Waals surface area contributed by atoms with E-state index in [9.17, 15) is 33.4 Å². The molecular weight excluding hydrogens is 873 g/mol. The number of rotatable bonds is 24. The van der Waals surface area contributed by atoms with Crippen molar-refractivity contribution in [2.75, 3.05) is 83.7 Å². The number of para-hydroxylation sites is 2. The third-order valence-electron chi connectivity index (χ3n) is 8.77. The van der Waals surface area contributed by atoms with Crippen molar-refractivity contribution in [1.82, 2.24) is 29.9 Å². The SMILES string of the molecule is O=S(=O)(O)c1cc(Nc2nc(Nc3ccccc3)nc(N(CCO)CCO)n2)ccc1/C=C/c1ccc(Nc2nc(Nc3ccccc3)nc(N(CCO)CCO)n2)cc1SOOO. The fraction of sp³-hybridized carbons (Fsp3) is 0.200. The van der Waals surface area contributed by atoms with E-state index in [-0.39, 0.29) is 99.5 Å². The molecule has 0 aliphatic rings. The van der Waals surface area contributed by atoms with E-state index >= 15 is 0 Å². The highest BCUT2D eigenvalue weighted by Gasteiger charge is 2.19. The van der Waals surface area contributed by atoms with Gasteiger partial charge in [-0.05, 0) is 59.7 Å². The molecule has 24 heteroatoms. The van der Waals surface area contributed by atoms with E-state index in [1.165, 1.54) is 18.2 Å². The number of aliphatic hydroxyl groups excluding tert-OH is 4. The summed E-state index contributed by atoms with van der Waals surface area (Å²) < 4.78 is 40.6. The maximum absolute atomic E-state index is 12.8. The normalized spacial score (nSPS) is 11.4. The van der Waals surface area contributed by atoms with Crippen molar-refractivity contribution in [2.45, 2.75) is 9.79 Å². The Labute approximate surface area is 371 Å². The molecule has 0 saturated heterocycles. The van der Waals surface area contributed by atoms with Crippen molar-refractivity contribution in [1.29, 1.82) is 0 Å². The number of hydrogen-bond donors (Lipinski definition) is 10. The van der Waals surface area contributed by atoms with Crippen molar-refractivity contribution in [3.63, 3.8) is 0 Å². The molecular formula is C40H44N12O10S2. The quantitative estimate of drug-likeness (QED) is 0.0132. The third kappa shape index (κ3) is 13.5. The van der Waals surface area contributed by atoms with Gasteiger partial charge in [0.25, 0.3) is 10.1 Å². The monoisotopic (exact) mass is 916 g/mol. The van der Waals surface area contributed by atoms with Gasteiger partial charge in [-0.15, -0.1) is 4.33 Å². The summed E-state index contributed by atoms with van der Waals surface area (Å²) in [4.78, 5) is 29.8. The highest BCUT2D eigenvalue weighted by molar-refractivity contribution is 7.94. The second kappa shape index (κ2) is 23.2. The predicted molar refractivity (Wildman–Crippen MR) is 241 cm³/mol. The minimum atomic E-state index is -4.81. The molecule has 0 bridgehead atoms. The van der Waals surface area contributed by atoms with Crippen molar-refractivity contribution in [3.8, 4) is 0 Å². The van der Waals surface area contributed by atoms with Crippen LogP contribution in [0.3, 0.4) is 0 Å². The number of nitrogens with one attached hydrogen (secondary N) is 4. The van der Waals surface area contributed by atoms with Crippen LogP contribution >= 0.6 is 12.0 Å². The molecule has 64 heavy (non-hydrogen) atoms. The Morgan fingerprint density at radius 1 is 0.547 bits per heavy atom. The molecule has 6 rings (SSSR count). The number of aliphatic hydroxyl groups is 4. The molecule has 0 fully saturated rings. The molecule has 0 saturated carbocycles. The average Bonchev–Trinajstić information content (AvgIpc) is 3.28. The predicted octanol–water partition coefficient (Wildman–Crippen LogP) is 4.46. The maximum Gasteiger partial charge on any atom is 0.295 e. The fourth-order valence-corrected chi connectivity index (χ4v) is 7.15. The summed E-state index contributed by atoms with van der Waals surface area (Å²) >= 11 is 0.631. The van der Waals surface area contributed by atoms with Crippen LogP contribution in [0.5, 0.6) is 0 Å². The summed E-state index contributed by atoms with van der Waals surface area (Å²) in [5, 5.41) is 63.7. The first-order valence-electron chi connectivity index (χ1n) is 19.3. The van der Waals surface area contributed by atoms with Gasteiger partial charge in [-0.2, -0.15) is 38.3 Å². The van der Waals surface area contributed by atoms with Crippen LogP contribution in [0.1, 0.15) is 11.1 Å². The number of aromatic nitrogens is 6. The Kier molecular flexibility index (Phi) is 17.0. The Morgan fingerprint density at radius 2 is 0.953 bits per heavy atom. The Bertz CT molecular complexity index is 2570. The third-order valence-corrected chi connectivity index (χ3v) is 10.3. The van der Waals surface area contributed by atoms with Crippen LogP contribution < -0.4 is 31.1 Å². The molecule has 10 N–H and O–H groups in total. The number of hydrogen-bond acceptors (Lipinski definition) is 22. The summed E-state index contributed by atoms with van der Waals surface area (Å²) in [6.07, 6.45) is 2.99. The van der Waals surface area contributed by atoms with Gasteiger partial charge in [-0.3, -0.25) is 4.55 Å². The minimum Gasteiger partial charge on any atom is -0.395 e. The first kappa shape index (κ1) is 46.9. The summed E-state index contributed by atoms with van der Waals surface area (Å²) in [6.45, 7) is -0.464. The molecule has 6 aromatic rings. The van der Waals surface area contributed by atoms with Gasteiger partial charge in [0, 0.05) is 53.8 Å². The van der Waals surface area contributed by atoms with Crippen LogP contribution in [-0.2, 0) is 19.5 Å². The highest BCUT2D eigenvalue weighted by atomic mass is 32.2. The number of nitrogens with zero attached hydrogens (tertiary/aromatic N) is 8. The fourth-order valence-electron chi connectivity index (χ4n) is 5.93. The summed E-state index contributed by atoms with van der Waals surface area (Å²) in [5.41, 5.74) is 2.54. The van der Waals surface area contributed by atoms with E-state index in [1.807, 2.05) is 48.5 Å². The van der Waals surface area contributed by atoms with Crippen molar-refractivity contribution < 1.29 is 48.0 Å². The molecule has 0 radical (unpaired) electrons. The Morgan fingerprint density at radius 3 is 1.38 bits per heavy atom.